The van der Waals surface area contributed by atoms with Crippen LogP contribution >= 0.6 is 11.8 Å². The largest absolute Gasteiger partial charge is 0.283 e. The lowest BCUT2D eigenvalue weighted by molar-refractivity contribution is 0.417. The summed E-state index contributed by atoms with van der Waals surface area (Å²) in [6, 6.07) is 8.49. The van der Waals surface area contributed by atoms with Crippen molar-refractivity contribution >= 4 is 11.8 Å². The Hall–Kier alpha value is -2.07. The third-order valence-electron chi connectivity index (χ3n) is 5.90. The van der Waals surface area contributed by atoms with Gasteiger partial charge in [0, 0.05) is 23.3 Å². The Morgan fingerprint density at radius 1 is 1.18 bits per heavy atom. The number of hydrogen-bond donors (Lipinski definition) is 0. The van der Waals surface area contributed by atoms with Crippen molar-refractivity contribution in [3.05, 3.63) is 70.1 Å². The number of benzene rings is 1. The number of aromatic nitrogens is 2. The van der Waals surface area contributed by atoms with Crippen molar-refractivity contribution in [2.24, 2.45) is 0 Å². The fraction of sp³-hybridized carbons (Fsp3) is 0.417. The van der Waals surface area contributed by atoms with Gasteiger partial charge in [-0.25, -0.2) is 4.98 Å². The molecule has 0 amide bonds. The van der Waals surface area contributed by atoms with Gasteiger partial charge in [0.25, 0.3) is 5.56 Å². The van der Waals surface area contributed by atoms with E-state index in [2.05, 4.69) is 37.4 Å². The molecule has 0 unspecified atom stereocenters. The van der Waals surface area contributed by atoms with Gasteiger partial charge in [0.2, 0.25) is 0 Å². The zero-order valence-electron chi connectivity index (χ0n) is 16.9. The Kier molecular flexibility index (Phi) is 5.09. The maximum absolute atomic E-state index is 13.8. The summed E-state index contributed by atoms with van der Waals surface area (Å²) in [4.78, 5) is 18.9. The van der Waals surface area contributed by atoms with Gasteiger partial charge in [-0.15, -0.1) is 0 Å². The predicted molar refractivity (Wildman–Crippen MR) is 118 cm³/mol. The summed E-state index contributed by atoms with van der Waals surface area (Å²) in [6.45, 7) is 12.6. The Balaban J connectivity index is 1.98. The lowest BCUT2D eigenvalue weighted by Gasteiger charge is -2.36. The highest BCUT2D eigenvalue weighted by Gasteiger charge is 2.44. The maximum Gasteiger partial charge on any atom is 0.258 e. The summed E-state index contributed by atoms with van der Waals surface area (Å²) in [5, 5.41) is 0.777. The fourth-order valence-electron chi connectivity index (χ4n) is 4.75. The van der Waals surface area contributed by atoms with Crippen LogP contribution in [0.2, 0.25) is 0 Å². The van der Waals surface area contributed by atoms with Crippen LogP contribution in [0, 0.1) is 0 Å². The summed E-state index contributed by atoms with van der Waals surface area (Å²) in [5.74, 6) is 0.758. The molecule has 1 heterocycles. The van der Waals surface area contributed by atoms with Gasteiger partial charge in [0.05, 0.1) is 11.3 Å². The van der Waals surface area contributed by atoms with E-state index in [1.165, 1.54) is 18.4 Å². The highest BCUT2D eigenvalue weighted by atomic mass is 32.2. The zero-order chi connectivity index (χ0) is 19.9. The smallest absolute Gasteiger partial charge is 0.258 e. The molecule has 0 radical (unpaired) electrons. The maximum atomic E-state index is 13.8. The topological polar surface area (TPSA) is 34.9 Å². The predicted octanol–water partition coefficient (Wildman–Crippen LogP) is 5.52. The highest BCUT2D eigenvalue weighted by Crippen LogP contribution is 2.49. The van der Waals surface area contributed by atoms with E-state index in [4.69, 9.17) is 4.98 Å². The van der Waals surface area contributed by atoms with Crippen LogP contribution in [0.25, 0.3) is 11.3 Å². The van der Waals surface area contributed by atoms with Gasteiger partial charge in [0.15, 0.2) is 5.16 Å². The molecule has 1 aromatic heterocycles. The van der Waals surface area contributed by atoms with E-state index in [9.17, 15) is 4.79 Å². The number of thioether (sulfide) groups is 1. The second-order valence-corrected chi connectivity index (χ2v) is 9.48. The van der Waals surface area contributed by atoms with Crippen LogP contribution in [0.15, 0.2) is 58.5 Å². The number of allylic oxidation sites excluding steroid dienone is 1. The summed E-state index contributed by atoms with van der Waals surface area (Å²) < 4.78 is 1.85. The summed E-state index contributed by atoms with van der Waals surface area (Å²) in [5.41, 5.74) is 6.45. The summed E-state index contributed by atoms with van der Waals surface area (Å²) in [7, 11) is 0. The van der Waals surface area contributed by atoms with Crippen molar-refractivity contribution in [2.45, 2.75) is 63.1 Å². The van der Waals surface area contributed by atoms with Crippen LogP contribution in [0.3, 0.4) is 0 Å². The minimum atomic E-state index is -0.0534. The minimum absolute atomic E-state index is 0.0534. The first kappa shape index (κ1) is 19.3. The van der Waals surface area contributed by atoms with E-state index < -0.39 is 0 Å². The van der Waals surface area contributed by atoms with Crippen molar-refractivity contribution in [1.29, 1.82) is 0 Å². The average molecular weight is 393 g/mol. The minimum Gasteiger partial charge on any atom is -0.283 e. The van der Waals surface area contributed by atoms with E-state index in [-0.39, 0.29) is 11.0 Å². The molecular formula is C24H28N2OS. The quantitative estimate of drug-likeness (QED) is 0.382. The van der Waals surface area contributed by atoms with Crippen molar-refractivity contribution in [3.63, 3.8) is 0 Å². The van der Waals surface area contributed by atoms with Gasteiger partial charge in [0.1, 0.15) is 0 Å². The lowest BCUT2D eigenvalue weighted by Crippen LogP contribution is -2.40. The van der Waals surface area contributed by atoms with Crippen LogP contribution in [-0.2, 0) is 18.4 Å². The summed E-state index contributed by atoms with van der Waals surface area (Å²) in [6.07, 6.45) is 5.49. The lowest BCUT2D eigenvalue weighted by atomic mass is 9.68. The molecule has 2 aliphatic rings. The zero-order valence-corrected chi connectivity index (χ0v) is 17.7. The molecule has 2 aromatic rings. The second-order valence-electron chi connectivity index (χ2n) is 8.53. The molecule has 0 aliphatic heterocycles. The van der Waals surface area contributed by atoms with Gasteiger partial charge in [-0.05, 0) is 38.7 Å². The molecule has 1 spiro atoms. The Labute approximate surface area is 171 Å². The molecule has 1 aromatic carbocycles. The van der Waals surface area contributed by atoms with Crippen molar-refractivity contribution in [1.82, 2.24) is 9.55 Å². The number of hydrogen-bond acceptors (Lipinski definition) is 3. The van der Waals surface area contributed by atoms with Crippen LogP contribution in [-0.4, -0.2) is 15.3 Å². The van der Waals surface area contributed by atoms with Gasteiger partial charge in [-0.1, -0.05) is 73.2 Å². The van der Waals surface area contributed by atoms with E-state index in [1.54, 1.807) is 11.8 Å². The molecule has 0 N–H and O–H groups in total. The van der Waals surface area contributed by atoms with Crippen LogP contribution in [0.5, 0.6) is 0 Å². The van der Waals surface area contributed by atoms with Crippen molar-refractivity contribution in [3.8, 4) is 11.3 Å². The first-order chi connectivity index (χ1) is 13.4. The number of fused-ring (bicyclic) bond motifs is 4. The highest BCUT2D eigenvalue weighted by molar-refractivity contribution is 7.99. The van der Waals surface area contributed by atoms with Gasteiger partial charge in [-0.2, -0.15) is 0 Å². The molecule has 4 heteroatoms. The van der Waals surface area contributed by atoms with Gasteiger partial charge >= 0.3 is 0 Å². The molecule has 1 fully saturated rings. The van der Waals surface area contributed by atoms with Crippen molar-refractivity contribution < 1.29 is 0 Å². The monoisotopic (exact) mass is 392 g/mol. The third-order valence-corrected chi connectivity index (χ3v) is 7.11. The Morgan fingerprint density at radius 2 is 1.89 bits per heavy atom. The van der Waals surface area contributed by atoms with E-state index in [1.807, 2.05) is 18.4 Å². The van der Waals surface area contributed by atoms with Gasteiger partial charge in [-0.3, -0.25) is 9.36 Å². The molecule has 28 heavy (non-hydrogen) atoms. The van der Waals surface area contributed by atoms with E-state index >= 15 is 0 Å². The molecule has 0 saturated heterocycles. The standard InChI is InChI=1S/C24H28N2OS/c1-16(2)14-26-22(27)20-21(25-23(26)28-15-17(3)4)19-10-6-5-9-18(19)13-24(20)11-7-8-12-24/h5-6,9-10H,1,3,7-8,11-15H2,2,4H3. The molecule has 0 bridgehead atoms. The van der Waals surface area contributed by atoms with E-state index in [0.29, 0.717) is 6.54 Å². The molecule has 4 rings (SSSR count). The van der Waals surface area contributed by atoms with Crippen LogP contribution in [0.1, 0.15) is 50.7 Å². The Morgan fingerprint density at radius 3 is 2.57 bits per heavy atom. The third kappa shape index (κ3) is 3.28. The molecular weight excluding hydrogens is 364 g/mol. The number of nitrogens with zero attached hydrogens (tertiary/aromatic N) is 2. The normalized spacial score (nSPS) is 16.6. The second kappa shape index (κ2) is 7.40. The first-order valence-corrected chi connectivity index (χ1v) is 11.0. The number of rotatable bonds is 5. The van der Waals surface area contributed by atoms with Crippen LogP contribution < -0.4 is 5.56 Å². The van der Waals surface area contributed by atoms with E-state index in [0.717, 1.165) is 58.1 Å². The average Bonchev–Trinajstić information content (AvgIpc) is 3.10. The molecule has 1 saturated carbocycles. The van der Waals surface area contributed by atoms with Crippen molar-refractivity contribution in [2.75, 3.05) is 5.75 Å². The Bertz CT molecular complexity index is 1010. The molecule has 0 atom stereocenters. The van der Waals surface area contributed by atoms with Crippen LogP contribution in [0.4, 0.5) is 0 Å². The fourth-order valence-corrected chi connectivity index (χ4v) is 5.59. The first-order valence-electron chi connectivity index (χ1n) is 10.1. The molecule has 146 valence electrons. The summed E-state index contributed by atoms with van der Waals surface area (Å²) >= 11 is 1.60. The SMILES string of the molecule is C=C(C)CSc1nc2c(c(=O)n1CC(=C)C)C1(CCCC1)Cc1ccccc1-2. The van der Waals surface area contributed by atoms with Gasteiger partial charge < -0.3 is 0 Å². The molecule has 2 aliphatic carbocycles. The molecule has 3 nitrogen and oxygen atoms in total.